The molecule has 0 nitrogen and oxygen atoms in total. The minimum atomic E-state index is 1.29. The third-order valence-electron chi connectivity index (χ3n) is 5.27. The Morgan fingerprint density at radius 1 is 0.250 bits per heavy atom. The van der Waals surface area contributed by atoms with Crippen molar-refractivity contribution < 1.29 is 0 Å². The Morgan fingerprint density at radius 2 is 0.500 bits per heavy atom. The molecule has 0 aliphatic heterocycles. The highest BCUT2D eigenvalue weighted by atomic mass is 32.1. The van der Waals surface area contributed by atoms with E-state index < -0.39 is 0 Å². The van der Waals surface area contributed by atoms with Crippen LogP contribution in [0.5, 0.6) is 0 Å². The SMILES string of the molecule is c1ccc(-c2ccc(-c3ccc(-c4ccc(-c5ccc(-c6ccccc6)s5)s4)s3)s2)cc1. The molecule has 0 aliphatic rings. The number of thiophene rings is 4. The fourth-order valence-electron chi connectivity index (χ4n) is 3.66. The zero-order valence-electron chi connectivity index (χ0n) is 17.0. The van der Waals surface area contributed by atoms with E-state index in [9.17, 15) is 0 Å². The fraction of sp³-hybridized carbons (Fsp3) is 0. The van der Waals surface area contributed by atoms with Gasteiger partial charge in [0.15, 0.2) is 0 Å². The average Bonchev–Trinajstić information content (AvgIpc) is 3.65. The van der Waals surface area contributed by atoms with Crippen LogP contribution in [0.15, 0.2) is 109 Å². The van der Waals surface area contributed by atoms with Gasteiger partial charge in [-0.1, -0.05) is 60.7 Å². The Kier molecular flexibility index (Phi) is 5.37. The highest BCUT2D eigenvalue weighted by molar-refractivity contribution is 7.29. The molecule has 0 amide bonds. The number of hydrogen-bond acceptors (Lipinski definition) is 4. The summed E-state index contributed by atoms with van der Waals surface area (Å²) in [7, 11) is 0. The maximum Gasteiger partial charge on any atom is 0.0449 e. The minimum Gasteiger partial charge on any atom is -0.134 e. The first-order valence-electron chi connectivity index (χ1n) is 10.3. The van der Waals surface area contributed by atoms with Gasteiger partial charge in [-0.05, 0) is 59.7 Å². The van der Waals surface area contributed by atoms with Gasteiger partial charge in [0.2, 0.25) is 0 Å². The lowest BCUT2D eigenvalue weighted by Crippen LogP contribution is -1.67. The van der Waals surface area contributed by atoms with Crippen molar-refractivity contribution in [3.63, 3.8) is 0 Å². The number of hydrogen-bond donors (Lipinski definition) is 0. The van der Waals surface area contributed by atoms with Crippen molar-refractivity contribution in [1.29, 1.82) is 0 Å². The summed E-state index contributed by atoms with van der Waals surface area (Å²) < 4.78 is 0. The smallest absolute Gasteiger partial charge is 0.0449 e. The maximum absolute atomic E-state index is 2.27. The Hall–Kier alpha value is -2.76. The monoisotopic (exact) mass is 482 g/mol. The van der Waals surface area contributed by atoms with Crippen LogP contribution in [0.3, 0.4) is 0 Å². The molecule has 0 saturated heterocycles. The van der Waals surface area contributed by atoms with Gasteiger partial charge in [-0.15, -0.1) is 45.3 Å². The molecule has 0 fully saturated rings. The minimum absolute atomic E-state index is 1.29. The molecule has 32 heavy (non-hydrogen) atoms. The zero-order valence-corrected chi connectivity index (χ0v) is 20.3. The molecule has 0 unspecified atom stereocenters. The highest BCUT2D eigenvalue weighted by Crippen LogP contribution is 2.44. The summed E-state index contributed by atoms with van der Waals surface area (Å²) in [6, 6.07) is 39.3. The van der Waals surface area contributed by atoms with E-state index >= 15 is 0 Å². The summed E-state index contributed by atoms with van der Waals surface area (Å²) in [5.41, 5.74) is 2.57. The van der Waals surface area contributed by atoms with Crippen LogP contribution in [-0.2, 0) is 0 Å². The highest BCUT2D eigenvalue weighted by Gasteiger charge is 2.12. The second kappa shape index (κ2) is 8.64. The van der Waals surface area contributed by atoms with Gasteiger partial charge < -0.3 is 0 Å². The van der Waals surface area contributed by atoms with Crippen molar-refractivity contribution in [1.82, 2.24) is 0 Å². The van der Waals surface area contributed by atoms with E-state index in [-0.39, 0.29) is 0 Å². The van der Waals surface area contributed by atoms with Gasteiger partial charge in [0.1, 0.15) is 0 Å². The normalized spacial score (nSPS) is 11.1. The van der Waals surface area contributed by atoms with Crippen LogP contribution in [0.2, 0.25) is 0 Å². The van der Waals surface area contributed by atoms with E-state index in [2.05, 4.69) is 109 Å². The summed E-state index contributed by atoms with van der Waals surface area (Å²) >= 11 is 7.50. The van der Waals surface area contributed by atoms with E-state index in [1.54, 1.807) is 0 Å². The van der Waals surface area contributed by atoms with E-state index in [1.807, 2.05) is 45.3 Å². The fourth-order valence-corrected chi connectivity index (χ4v) is 7.97. The molecule has 0 aliphatic carbocycles. The molecule has 6 rings (SSSR count). The number of benzene rings is 2. The standard InChI is InChI=1S/C28H18S4/c1-3-7-19(8-4-1)21-11-13-23(29-21)25-15-17-27(31-25)28-18-16-26(32-28)24-14-12-22(30-24)20-9-5-2-6-10-20/h1-18H. The van der Waals surface area contributed by atoms with Crippen molar-refractivity contribution in [2.24, 2.45) is 0 Å². The Bertz CT molecular complexity index is 1350. The van der Waals surface area contributed by atoms with E-state index in [0.29, 0.717) is 0 Å². The molecule has 0 saturated carbocycles. The summed E-state index contributed by atoms with van der Waals surface area (Å²) in [6.45, 7) is 0. The maximum atomic E-state index is 2.27. The Labute approximate surface area is 203 Å². The zero-order chi connectivity index (χ0) is 21.3. The van der Waals surface area contributed by atoms with Crippen LogP contribution in [0.1, 0.15) is 0 Å². The van der Waals surface area contributed by atoms with Crippen molar-refractivity contribution in [2.45, 2.75) is 0 Å². The molecule has 0 N–H and O–H groups in total. The lowest BCUT2D eigenvalue weighted by molar-refractivity contribution is 1.70. The van der Waals surface area contributed by atoms with Gasteiger partial charge in [-0.2, -0.15) is 0 Å². The Balaban J connectivity index is 1.24. The molecule has 0 bridgehead atoms. The molecule has 6 aromatic rings. The molecule has 4 heteroatoms. The van der Waals surface area contributed by atoms with Crippen LogP contribution in [0.25, 0.3) is 50.1 Å². The predicted molar refractivity (Wildman–Crippen MR) is 145 cm³/mol. The molecule has 0 spiro atoms. The van der Waals surface area contributed by atoms with Gasteiger partial charge >= 0.3 is 0 Å². The second-order valence-electron chi connectivity index (χ2n) is 7.39. The molecule has 0 atom stereocenters. The summed E-state index contributed by atoms with van der Waals surface area (Å²) in [5, 5.41) is 0. The average molecular weight is 483 g/mol. The lowest BCUT2D eigenvalue weighted by atomic mass is 10.2. The largest absolute Gasteiger partial charge is 0.134 e. The second-order valence-corrected chi connectivity index (χ2v) is 11.7. The van der Waals surface area contributed by atoms with E-state index in [1.165, 1.54) is 50.1 Å². The van der Waals surface area contributed by atoms with Crippen LogP contribution in [0, 0.1) is 0 Å². The van der Waals surface area contributed by atoms with Gasteiger partial charge in [0.25, 0.3) is 0 Å². The van der Waals surface area contributed by atoms with Crippen LogP contribution < -0.4 is 0 Å². The van der Waals surface area contributed by atoms with Crippen LogP contribution >= 0.6 is 45.3 Å². The third kappa shape index (κ3) is 3.91. The van der Waals surface area contributed by atoms with Crippen LogP contribution in [0.4, 0.5) is 0 Å². The number of rotatable bonds is 5. The molecule has 2 aromatic carbocycles. The molecule has 0 radical (unpaired) electrons. The summed E-state index contributed by atoms with van der Waals surface area (Å²) in [6.07, 6.45) is 0. The van der Waals surface area contributed by atoms with Gasteiger partial charge in [0.05, 0.1) is 0 Å². The molecule has 154 valence electrons. The van der Waals surface area contributed by atoms with Gasteiger partial charge in [0, 0.05) is 39.0 Å². The third-order valence-corrected chi connectivity index (χ3v) is 10.3. The summed E-state index contributed by atoms with van der Waals surface area (Å²) in [5.74, 6) is 0. The topological polar surface area (TPSA) is 0 Å². The Morgan fingerprint density at radius 3 is 0.812 bits per heavy atom. The summed E-state index contributed by atoms with van der Waals surface area (Å²) in [4.78, 5) is 10.7. The van der Waals surface area contributed by atoms with Crippen LogP contribution in [-0.4, -0.2) is 0 Å². The first-order valence-corrected chi connectivity index (χ1v) is 13.6. The molecule has 4 heterocycles. The van der Waals surface area contributed by atoms with E-state index in [0.717, 1.165) is 0 Å². The molecule has 4 aromatic heterocycles. The van der Waals surface area contributed by atoms with Gasteiger partial charge in [-0.3, -0.25) is 0 Å². The predicted octanol–water partition coefficient (Wildman–Crippen LogP) is 10.3. The first-order chi connectivity index (χ1) is 15.8. The lowest BCUT2D eigenvalue weighted by Gasteiger charge is -1.95. The van der Waals surface area contributed by atoms with Gasteiger partial charge in [-0.25, -0.2) is 0 Å². The molecular weight excluding hydrogens is 465 g/mol. The first kappa shape index (κ1) is 19.9. The van der Waals surface area contributed by atoms with Crippen molar-refractivity contribution in [3.05, 3.63) is 109 Å². The quantitative estimate of drug-likeness (QED) is 0.229. The van der Waals surface area contributed by atoms with E-state index in [4.69, 9.17) is 0 Å². The van der Waals surface area contributed by atoms with Crippen molar-refractivity contribution in [2.75, 3.05) is 0 Å². The van der Waals surface area contributed by atoms with Crippen molar-refractivity contribution >= 4 is 45.3 Å². The molecular formula is C28H18S4. The van der Waals surface area contributed by atoms with Crippen molar-refractivity contribution in [3.8, 4) is 50.1 Å².